The predicted octanol–water partition coefficient (Wildman–Crippen LogP) is 4.15. The fourth-order valence-corrected chi connectivity index (χ4v) is 3.49. The summed E-state index contributed by atoms with van der Waals surface area (Å²) in [6, 6.07) is 9.88. The Kier molecular flexibility index (Phi) is 8.34. The zero-order valence-electron chi connectivity index (χ0n) is 20.2. The van der Waals surface area contributed by atoms with Crippen molar-refractivity contribution in [2.75, 3.05) is 25.1 Å². The van der Waals surface area contributed by atoms with Crippen molar-refractivity contribution < 1.29 is 23.8 Å². The lowest BCUT2D eigenvalue weighted by atomic mass is 10.0. The van der Waals surface area contributed by atoms with E-state index in [2.05, 4.69) is 20.6 Å². The first-order valence-electron chi connectivity index (χ1n) is 11.5. The van der Waals surface area contributed by atoms with Gasteiger partial charge in [0.25, 0.3) is 5.91 Å². The van der Waals surface area contributed by atoms with Crippen molar-refractivity contribution >= 4 is 28.8 Å². The summed E-state index contributed by atoms with van der Waals surface area (Å²) in [5, 5.41) is 5.60. The molecule has 2 aromatic carbocycles. The van der Waals surface area contributed by atoms with Gasteiger partial charge in [-0.15, -0.1) is 0 Å². The van der Waals surface area contributed by atoms with Crippen LogP contribution in [0.25, 0.3) is 11.0 Å². The second-order valence-electron chi connectivity index (χ2n) is 7.89. The molecule has 1 aromatic heterocycles. The molecule has 1 unspecified atom stereocenters. The molecule has 0 saturated carbocycles. The predicted molar refractivity (Wildman–Crippen MR) is 131 cm³/mol. The molecule has 0 aliphatic carbocycles. The van der Waals surface area contributed by atoms with E-state index in [4.69, 9.17) is 14.2 Å². The Morgan fingerprint density at radius 1 is 0.971 bits per heavy atom. The lowest BCUT2D eigenvalue weighted by Gasteiger charge is -2.22. The molecule has 9 heteroatoms. The summed E-state index contributed by atoms with van der Waals surface area (Å²) < 4.78 is 17.1. The van der Waals surface area contributed by atoms with Crippen LogP contribution in [-0.4, -0.2) is 47.6 Å². The molecule has 3 aromatic rings. The number of nitrogens with zero attached hydrogens (tertiary/aromatic N) is 1. The lowest BCUT2D eigenvalue weighted by Crippen LogP contribution is -2.47. The van der Waals surface area contributed by atoms with Gasteiger partial charge in [-0.1, -0.05) is 26.0 Å². The maximum atomic E-state index is 13.2. The number of aromatic nitrogens is 2. The van der Waals surface area contributed by atoms with Gasteiger partial charge in [0.1, 0.15) is 6.04 Å². The molecule has 0 spiro atoms. The third-order valence-electron chi connectivity index (χ3n) is 5.04. The van der Waals surface area contributed by atoms with Crippen molar-refractivity contribution in [1.82, 2.24) is 15.3 Å². The molecule has 0 aliphatic heterocycles. The summed E-state index contributed by atoms with van der Waals surface area (Å²) >= 11 is 0. The molecule has 3 rings (SSSR count). The van der Waals surface area contributed by atoms with Crippen LogP contribution in [0.3, 0.4) is 0 Å². The largest absolute Gasteiger partial charge is 0.490 e. The quantitative estimate of drug-likeness (QED) is 0.389. The van der Waals surface area contributed by atoms with Gasteiger partial charge in [-0.05, 0) is 51.0 Å². The van der Waals surface area contributed by atoms with E-state index in [1.54, 1.807) is 12.1 Å². The van der Waals surface area contributed by atoms with Crippen LogP contribution in [0, 0.1) is 5.92 Å². The monoisotopic (exact) mass is 468 g/mol. The van der Waals surface area contributed by atoms with Crippen molar-refractivity contribution in [3.8, 4) is 17.2 Å². The molecular weight excluding hydrogens is 436 g/mol. The maximum absolute atomic E-state index is 13.2. The molecule has 0 bridgehead atoms. The summed E-state index contributed by atoms with van der Waals surface area (Å²) in [7, 11) is 0. The molecule has 34 heavy (non-hydrogen) atoms. The molecule has 0 saturated heterocycles. The number of carbonyl (C=O) groups is 2. The summed E-state index contributed by atoms with van der Waals surface area (Å²) in [4.78, 5) is 33.6. The number of hydrogen-bond donors (Lipinski definition) is 3. The van der Waals surface area contributed by atoms with Gasteiger partial charge in [-0.25, -0.2) is 4.98 Å². The van der Waals surface area contributed by atoms with E-state index in [-0.39, 0.29) is 11.8 Å². The molecule has 0 fully saturated rings. The third kappa shape index (κ3) is 5.78. The topological polar surface area (TPSA) is 115 Å². The normalized spacial score (nSPS) is 11.8. The summed E-state index contributed by atoms with van der Waals surface area (Å²) in [5.41, 5.74) is 1.85. The van der Waals surface area contributed by atoms with Crippen molar-refractivity contribution in [2.45, 2.75) is 40.7 Å². The lowest BCUT2D eigenvalue weighted by molar-refractivity contribution is -0.118. The number of hydrogen-bond acceptors (Lipinski definition) is 6. The van der Waals surface area contributed by atoms with Crippen molar-refractivity contribution in [3.05, 3.63) is 42.0 Å². The van der Waals surface area contributed by atoms with E-state index < -0.39 is 11.9 Å². The highest BCUT2D eigenvalue weighted by molar-refractivity contribution is 6.01. The summed E-state index contributed by atoms with van der Waals surface area (Å²) in [6.45, 7) is 10.5. The van der Waals surface area contributed by atoms with Crippen molar-refractivity contribution in [1.29, 1.82) is 0 Å². The van der Waals surface area contributed by atoms with Gasteiger partial charge in [-0.2, -0.15) is 0 Å². The Hall–Kier alpha value is -3.75. The van der Waals surface area contributed by atoms with Crippen LogP contribution in [0.4, 0.5) is 5.95 Å². The van der Waals surface area contributed by atoms with E-state index in [0.29, 0.717) is 48.6 Å². The Balaban J connectivity index is 1.83. The van der Waals surface area contributed by atoms with Crippen molar-refractivity contribution in [2.24, 2.45) is 5.92 Å². The average Bonchev–Trinajstić information content (AvgIpc) is 3.21. The molecular formula is C25H32N4O5. The minimum Gasteiger partial charge on any atom is -0.490 e. The number of H-pyrrole nitrogens is 1. The standard InChI is InChI=1S/C25H32N4O5/c1-6-32-19-13-16(14-20(33-7-2)22(19)34-8-3)23(30)28-21(15(4)5)24(31)29-25-26-17-11-9-10-12-18(17)27-25/h9-15,21H,6-8H2,1-5H3,(H,28,30)(H2,26,27,29,31). The molecule has 2 amide bonds. The van der Waals surface area contributed by atoms with Gasteiger partial charge >= 0.3 is 0 Å². The molecule has 9 nitrogen and oxygen atoms in total. The molecule has 1 heterocycles. The number of anilines is 1. The number of aromatic amines is 1. The first kappa shape index (κ1) is 24.9. The third-order valence-corrected chi connectivity index (χ3v) is 5.04. The van der Waals surface area contributed by atoms with Crippen LogP contribution in [0.2, 0.25) is 0 Å². The van der Waals surface area contributed by atoms with Crippen molar-refractivity contribution in [3.63, 3.8) is 0 Å². The van der Waals surface area contributed by atoms with Gasteiger partial charge in [0, 0.05) is 5.56 Å². The molecule has 0 aliphatic rings. The second kappa shape index (κ2) is 11.4. The number of carbonyl (C=O) groups excluding carboxylic acids is 2. The molecule has 182 valence electrons. The number of ether oxygens (including phenoxy) is 3. The zero-order chi connectivity index (χ0) is 24.7. The first-order valence-corrected chi connectivity index (χ1v) is 11.5. The Morgan fingerprint density at radius 2 is 1.59 bits per heavy atom. The second-order valence-corrected chi connectivity index (χ2v) is 7.89. The number of imidazole rings is 1. The SMILES string of the molecule is CCOc1cc(C(=O)NC(C(=O)Nc2nc3ccccc3[nH]2)C(C)C)cc(OCC)c1OCC. The minimum atomic E-state index is -0.793. The summed E-state index contributed by atoms with van der Waals surface area (Å²) in [5.74, 6) is 0.623. The number of rotatable bonds is 11. The minimum absolute atomic E-state index is 0.172. The first-order chi connectivity index (χ1) is 16.4. The van der Waals surface area contributed by atoms with Crippen LogP contribution in [0.5, 0.6) is 17.2 Å². The highest BCUT2D eigenvalue weighted by Crippen LogP contribution is 2.39. The van der Waals surface area contributed by atoms with Crippen LogP contribution in [0.1, 0.15) is 45.0 Å². The number of benzene rings is 2. The van der Waals surface area contributed by atoms with Gasteiger partial charge < -0.3 is 24.5 Å². The fourth-order valence-electron chi connectivity index (χ4n) is 3.49. The fraction of sp³-hybridized carbons (Fsp3) is 0.400. The number of para-hydroxylation sites is 2. The van der Waals surface area contributed by atoms with Crippen LogP contribution < -0.4 is 24.8 Å². The Morgan fingerprint density at radius 3 is 2.15 bits per heavy atom. The highest BCUT2D eigenvalue weighted by atomic mass is 16.5. The molecule has 1 atom stereocenters. The van der Waals surface area contributed by atoms with Gasteiger partial charge in [0.05, 0.1) is 30.9 Å². The molecule has 0 radical (unpaired) electrons. The van der Waals surface area contributed by atoms with Gasteiger partial charge in [-0.3, -0.25) is 14.9 Å². The Labute approximate surface area is 199 Å². The van der Waals surface area contributed by atoms with Gasteiger partial charge in [0.15, 0.2) is 11.5 Å². The van der Waals surface area contributed by atoms with Gasteiger partial charge in [0.2, 0.25) is 17.6 Å². The van der Waals surface area contributed by atoms with E-state index >= 15 is 0 Å². The van der Waals surface area contributed by atoms with Crippen LogP contribution in [-0.2, 0) is 4.79 Å². The number of amides is 2. The van der Waals surface area contributed by atoms with E-state index in [1.807, 2.05) is 58.9 Å². The average molecular weight is 469 g/mol. The van der Waals surface area contributed by atoms with E-state index in [9.17, 15) is 9.59 Å². The summed E-state index contributed by atoms with van der Waals surface area (Å²) in [6.07, 6.45) is 0. The van der Waals surface area contributed by atoms with Crippen LogP contribution >= 0.6 is 0 Å². The Bertz CT molecular complexity index is 1080. The zero-order valence-corrected chi connectivity index (χ0v) is 20.2. The molecule has 3 N–H and O–H groups in total. The van der Waals surface area contributed by atoms with Crippen LogP contribution in [0.15, 0.2) is 36.4 Å². The number of fused-ring (bicyclic) bond motifs is 1. The smallest absolute Gasteiger partial charge is 0.252 e. The maximum Gasteiger partial charge on any atom is 0.252 e. The number of nitrogens with one attached hydrogen (secondary N) is 3. The van der Waals surface area contributed by atoms with E-state index in [0.717, 1.165) is 11.0 Å². The highest BCUT2D eigenvalue weighted by Gasteiger charge is 2.27. The van der Waals surface area contributed by atoms with E-state index in [1.165, 1.54) is 0 Å².